The second-order valence-electron chi connectivity index (χ2n) is 7.58. The molecule has 1 aliphatic rings. The van der Waals surface area contributed by atoms with Crippen LogP contribution < -0.4 is 10.6 Å². The first kappa shape index (κ1) is 20.3. The summed E-state index contributed by atoms with van der Waals surface area (Å²) in [6.45, 7) is 8.07. The van der Waals surface area contributed by atoms with Crippen molar-refractivity contribution < 1.29 is 0 Å². The minimum absolute atomic E-state index is 0.356. The summed E-state index contributed by atoms with van der Waals surface area (Å²) in [5.74, 6) is 1.69. The number of nitrogens with zero attached hydrogens (tertiary/aromatic N) is 3. The van der Waals surface area contributed by atoms with Crippen LogP contribution in [-0.4, -0.2) is 36.1 Å². The Morgan fingerprint density at radius 3 is 2.46 bits per heavy atom. The fraction of sp³-hybridized carbons (Fsp3) is 0.619. The summed E-state index contributed by atoms with van der Waals surface area (Å²) in [6.07, 6.45) is 7.71. The van der Waals surface area contributed by atoms with Crippen molar-refractivity contribution in [2.75, 3.05) is 13.6 Å². The van der Waals surface area contributed by atoms with E-state index in [9.17, 15) is 0 Å². The molecule has 0 radical (unpaired) electrons. The number of hydrogen-bond donors (Lipinski definition) is 2. The quantitative estimate of drug-likeness (QED) is 0.654. The molecule has 0 aliphatic carbocycles. The number of guanidine groups is 2. The number of aliphatic imine (C=N–C) groups is 2. The predicted molar refractivity (Wildman–Crippen MR) is 111 cm³/mol. The molecule has 0 fully saturated rings. The van der Waals surface area contributed by atoms with Crippen molar-refractivity contribution in [1.29, 1.82) is 0 Å². The lowest BCUT2D eigenvalue weighted by Crippen LogP contribution is -2.59. The van der Waals surface area contributed by atoms with E-state index in [0.717, 1.165) is 31.4 Å². The van der Waals surface area contributed by atoms with Gasteiger partial charge in [0.15, 0.2) is 5.96 Å². The van der Waals surface area contributed by atoms with Gasteiger partial charge in [-0.05, 0) is 25.8 Å². The maximum absolute atomic E-state index is 4.78. The number of unbranched alkanes of at least 4 members (excludes halogenated alkanes) is 5. The summed E-state index contributed by atoms with van der Waals surface area (Å²) in [5.41, 5.74) is 0.910. The molecule has 0 saturated heterocycles. The molecule has 5 nitrogen and oxygen atoms in total. The number of rotatable bonds is 9. The number of nitrogens with one attached hydrogen (secondary N) is 2. The summed E-state index contributed by atoms with van der Waals surface area (Å²) >= 11 is 0. The second kappa shape index (κ2) is 10.2. The van der Waals surface area contributed by atoms with Crippen LogP contribution in [0.3, 0.4) is 0 Å². The second-order valence-corrected chi connectivity index (χ2v) is 7.58. The average molecular weight is 358 g/mol. The third kappa shape index (κ3) is 7.06. The molecule has 0 spiro atoms. The third-order valence-electron chi connectivity index (χ3n) is 4.45. The van der Waals surface area contributed by atoms with Gasteiger partial charge in [0.05, 0.1) is 0 Å². The normalized spacial score (nSPS) is 17.4. The summed E-state index contributed by atoms with van der Waals surface area (Å²) in [5, 5.41) is 6.73. The summed E-state index contributed by atoms with van der Waals surface area (Å²) in [6, 6.07) is 10.4. The standard InChI is InChI=1S/C21H35N5/c1-5-6-7-8-9-13-16-22-19-23-20(25-21(2,3)24-19)26(4)17-18-14-11-10-12-15-18/h10-12,14-15H,5-9,13,16-17H2,1-4H3,(H2,22,23,24,25). The van der Waals surface area contributed by atoms with Gasteiger partial charge in [0.25, 0.3) is 0 Å². The third-order valence-corrected chi connectivity index (χ3v) is 4.45. The van der Waals surface area contributed by atoms with Crippen LogP contribution in [0.5, 0.6) is 0 Å². The smallest absolute Gasteiger partial charge is 0.203 e. The highest BCUT2D eigenvalue weighted by Gasteiger charge is 2.26. The molecule has 1 heterocycles. The van der Waals surface area contributed by atoms with E-state index in [-0.39, 0.29) is 5.66 Å². The van der Waals surface area contributed by atoms with Crippen molar-refractivity contribution in [2.24, 2.45) is 9.98 Å². The zero-order chi connectivity index (χ0) is 18.8. The van der Waals surface area contributed by atoms with Gasteiger partial charge in [-0.3, -0.25) is 10.3 Å². The monoisotopic (exact) mass is 357 g/mol. The van der Waals surface area contributed by atoms with Crippen molar-refractivity contribution in [3.63, 3.8) is 0 Å². The van der Waals surface area contributed by atoms with Crippen molar-refractivity contribution in [1.82, 2.24) is 15.5 Å². The molecule has 0 saturated carbocycles. The molecule has 1 aromatic carbocycles. The lowest BCUT2D eigenvalue weighted by atomic mass is 10.1. The SMILES string of the molecule is CCCCCCCCN=C1NC(N(C)Cc2ccccc2)=NC(C)(C)N1. The molecule has 0 atom stereocenters. The molecule has 0 aromatic heterocycles. The van der Waals surface area contributed by atoms with Gasteiger partial charge < -0.3 is 10.2 Å². The first-order valence-corrected chi connectivity index (χ1v) is 9.95. The molecular weight excluding hydrogens is 322 g/mol. The Morgan fingerprint density at radius 2 is 1.73 bits per heavy atom. The van der Waals surface area contributed by atoms with Gasteiger partial charge >= 0.3 is 0 Å². The number of benzene rings is 1. The fourth-order valence-electron chi connectivity index (χ4n) is 3.02. The van der Waals surface area contributed by atoms with Crippen LogP contribution in [0, 0.1) is 0 Å². The van der Waals surface area contributed by atoms with Gasteiger partial charge in [0.2, 0.25) is 5.96 Å². The Bertz CT molecular complexity index is 592. The maximum Gasteiger partial charge on any atom is 0.203 e. The summed E-state index contributed by atoms with van der Waals surface area (Å²) in [4.78, 5) is 11.6. The number of hydrogen-bond acceptors (Lipinski definition) is 3. The Kier molecular flexibility index (Phi) is 7.95. The van der Waals surface area contributed by atoms with Crippen LogP contribution in [0.1, 0.15) is 64.9 Å². The van der Waals surface area contributed by atoms with Crippen molar-refractivity contribution in [2.45, 2.75) is 71.5 Å². The molecule has 2 rings (SSSR count). The summed E-state index contributed by atoms with van der Waals surface area (Å²) in [7, 11) is 2.06. The van der Waals surface area contributed by atoms with E-state index in [0.29, 0.717) is 0 Å². The van der Waals surface area contributed by atoms with E-state index in [2.05, 4.69) is 67.6 Å². The molecule has 0 amide bonds. The highest BCUT2D eigenvalue weighted by molar-refractivity contribution is 6.00. The highest BCUT2D eigenvalue weighted by atomic mass is 15.4. The van der Waals surface area contributed by atoms with Gasteiger partial charge in [0, 0.05) is 20.1 Å². The Hall–Kier alpha value is -2.04. The van der Waals surface area contributed by atoms with Gasteiger partial charge in [0.1, 0.15) is 5.66 Å². The van der Waals surface area contributed by atoms with Crippen LogP contribution in [0.4, 0.5) is 0 Å². The lowest BCUT2D eigenvalue weighted by Gasteiger charge is -2.34. The fourth-order valence-corrected chi connectivity index (χ4v) is 3.02. The molecule has 1 aliphatic heterocycles. The zero-order valence-electron chi connectivity index (χ0n) is 16.9. The van der Waals surface area contributed by atoms with E-state index in [1.165, 1.54) is 37.7 Å². The maximum atomic E-state index is 4.78. The molecule has 26 heavy (non-hydrogen) atoms. The largest absolute Gasteiger partial charge is 0.341 e. The first-order chi connectivity index (χ1) is 12.5. The molecule has 0 unspecified atom stereocenters. The van der Waals surface area contributed by atoms with Gasteiger partial charge in [-0.25, -0.2) is 4.99 Å². The molecule has 5 heteroatoms. The van der Waals surface area contributed by atoms with Crippen LogP contribution >= 0.6 is 0 Å². The van der Waals surface area contributed by atoms with E-state index in [4.69, 9.17) is 9.98 Å². The van der Waals surface area contributed by atoms with Gasteiger partial charge in [-0.2, -0.15) is 0 Å². The zero-order valence-corrected chi connectivity index (χ0v) is 16.9. The topological polar surface area (TPSA) is 52.0 Å². The van der Waals surface area contributed by atoms with Crippen LogP contribution in [0.2, 0.25) is 0 Å². The van der Waals surface area contributed by atoms with E-state index in [1.54, 1.807) is 0 Å². The van der Waals surface area contributed by atoms with E-state index < -0.39 is 0 Å². The summed E-state index contributed by atoms with van der Waals surface area (Å²) < 4.78 is 0. The van der Waals surface area contributed by atoms with Gasteiger partial charge in [-0.15, -0.1) is 0 Å². The van der Waals surface area contributed by atoms with E-state index >= 15 is 0 Å². The Labute approximate surface area is 159 Å². The molecular formula is C21H35N5. The molecule has 0 bridgehead atoms. The van der Waals surface area contributed by atoms with Crippen LogP contribution in [0.25, 0.3) is 0 Å². The van der Waals surface area contributed by atoms with Crippen molar-refractivity contribution >= 4 is 11.9 Å². The van der Waals surface area contributed by atoms with Crippen LogP contribution in [-0.2, 0) is 6.54 Å². The highest BCUT2D eigenvalue weighted by Crippen LogP contribution is 2.11. The molecule has 1 aromatic rings. The predicted octanol–water partition coefficient (Wildman–Crippen LogP) is 4.12. The van der Waals surface area contributed by atoms with Crippen LogP contribution in [0.15, 0.2) is 40.3 Å². The Morgan fingerprint density at radius 1 is 1.04 bits per heavy atom. The first-order valence-electron chi connectivity index (χ1n) is 9.95. The Balaban J connectivity index is 1.87. The lowest BCUT2D eigenvalue weighted by molar-refractivity contribution is 0.420. The van der Waals surface area contributed by atoms with Gasteiger partial charge in [-0.1, -0.05) is 69.4 Å². The molecule has 144 valence electrons. The minimum Gasteiger partial charge on any atom is -0.341 e. The average Bonchev–Trinajstić information content (AvgIpc) is 2.60. The molecule has 2 N–H and O–H groups in total. The van der Waals surface area contributed by atoms with E-state index in [1.807, 2.05) is 6.07 Å². The minimum atomic E-state index is -0.356. The van der Waals surface area contributed by atoms with Crippen molar-refractivity contribution in [3.8, 4) is 0 Å². The van der Waals surface area contributed by atoms with Crippen molar-refractivity contribution in [3.05, 3.63) is 35.9 Å².